The van der Waals surface area contributed by atoms with Crippen LogP contribution in [0.5, 0.6) is 0 Å². The van der Waals surface area contributed by atoms with Gasteiger partial charge in [0.2, 0.25) is 5.91 Å². The van der Waals surface area contributed by atoms with Crippen molar-refractivity contribution >= 4 is 29.4 Å². The third-order valence-corrected chi connectivity index (χ3v) is 2.96. The standard InChI is InChI=1S/C8H12N4OS2/c1-5-3-7(11-8(10-5)14-2)15-4-6(13)12-9/h3H,4,9H2,1-2H3,(H,12,13). The summed E-state index contributed by atoms with van der Waals surface area (Å²) in [6.07, 6.45) is 1.91. The lowest BCUT2D eigenvalue weighted by molar-refractivity contribution is -0.118. The third kappa shape index (κ3) is 4.06. The molecule has 1 amide bonds. The van der Waals surface area contributed by atoms with E-state index in [1.165, 1.54) is 23.5 Å². The molecule has 1 heterocycles. The lowest BCUT2D eigenvalue weighted by Gasteiger charge is -2.03. The minimum atomic E-state index is -0.220. The van der Waals surface area contributed by atoms with Gasteiger partial charge in [0.05, 0.1) is 5.75 Å². The zero-order chi connectivity index (χ0) is 11.3. The van der Waals surface area contributed by atoms with Crippen LogP contribution >= 0.6 is 23.5 Å². The van der Waals surface area contributed by atoms with Crippen molar-refractivity contribution in [2.75, 3.05) is 12.0 Å². The largest absolute Gasteiger partial charge is 0.294 e. The number of hydrogen-bond donors (Lipinski definition) is 2. The second kappa shape index (κ2) is 5.94. The number of hydrazine groups is 1. The van der Waals surface area contributed by atoms with Gasteiger partial charge in [-0.3, -0.25) is 10.2 Å². The number of thioether (sulfide) groups is 2. The predicted octanol–water partition coefficient (Wildman–Crippen LogP) is 0.589. The monoisotopic (exact) mass is 244 g/mol. The number of aromatic nitrogens is 2. The highest BCUT2D eigenvalue weighted by molar-refractivity contribution is 8.00. The van der Waals surface area contributed by atoms with Crippen molar-refractivity contribution in [3.8, 4) is 0 Å². The van der Waals surface area contributed by atoms with E-state index in [0.717, 1.165) is 10.7 Å². The Morgan fingerprint density at radius 2 is 2.33 bits per heavy atom. The highest BCUT2D eigenvalue weighted by Gasteiger charge is 2.04. The molecule has 7 heteroatoms. The molecule has 0 unspecified atom stereocenters. The van der Waals surface area contributed by atoms with Gasteiger partial charge in [0.15, 0.2) is 5.16 Å². The molecule has 0 atom stereocenters. The van der Waals surface area contributed by atoms with Crippen molar-refractivity contribution in [1.82, 2.24) is 15.4 Å². The van der Waals surface area contributed by atoms with E-state index in [2.05, 4.69) is 15.4 Å². The molecule has 0 saturated heterocycles. The van der Waals surface area contributed by atoms with E-state index in [-0.39, 0.29) is 11.7 Å². The Kier molecular flexibility index (Phi) is 4.86. The highest BCUT2D eigenvalue weighted by atomic mass is 32.2. The molecule has 0 aromatic carbocycles. The fraction of sp³-hybridized carbons (Fsp3) is 0.375. The summed E-state index contributed by atoms with van der Waals surface area (Å²) in [4.78, 5) is 19.4. The van der Waals surface area contributed by atoms with E-state index in [9.17, 15) is 4.79 Å². The first-order chi connectivity index (χ1) is 7.15. The van der Waals surface area contributed by atoms with E-state index in [4.69, 9.17) is 5.84 Å². The van der Waals surface area contributed by atoms with Crippen molar-refractivity contribution in [2.24, 2.45) is 5.84 Å². The van der Waals surface area contributed by atoms with Gasteiger partial charge in [0, 0.05) is 5.69 Å². The van der Waals surface area contributed by atoms with Crippen LogP contribution in [0.1, 0.15) is 5.69 Å². The van der Waals surface area contributed by atoms with E-state index in [1.54, 1.807) is 0 Å². The first kappa shape index (κ1) is 12.3. The molecule has 1 aromatic heterocycles. The number of nitrogens with zero attached hydrogens (tertiary/aromatic N) is 2. The number of nitrogens with two attached hydrogens (primary N) is 1. The number of nitrogens with one attached hydrogen (secondary N) is 1. The smallest absolute Gasteiger partial charge is 0.244 e. The van der Waals surface area contributed by atoms with E-state index >= 15 is 0 Å². The summed E-state index contributed by atoms with van der Waals surface area (Å²) < 4.78 is 0. The second-order valence-corrected chi connectivity index (χ2v) is 4.46. The van der Waals surface area contributed by atoms with Gasteiger partial charge in [-0.25, -0.2) is 15.8 Å². The maximum absolute atomic E-state index is 10.9. The summed E-state index contributed by atoms with van der Waals surface area (Å²) in [5.74, 6) is 5.02. The summed E-state index contributed by atoms with van der Waals surface area (Å²) in [5.41, 5.74) is 2.96. The Morgan fingerprint density at radius 3 is 2.93 bits per heavy atom. The van der Waals surface area contributed by atoms with Gasteiger partial charge in [-0.15, -0.1) is 0 Å². The fourth-order valence-corrected chi connectivity index (χ4v) is 2.11. The van der Waals surface area contributed by atoms with Gasteiger partial charge >= 0.3 is 0 Å². The van der Waals surface area contributed by atoms with Crippen molar-refractivity contribution in [2.45, 2.75) is 17.1 Å². The van der Waals surface area contributed by atoms with Gasteiger partial charge in [0.1, 0.15) is 5.03 Å². The van der Waals surface area contributed by atoms with E-state index in [0.29, 0.717) is 5.16 Å². The molecule has 0 aliphatic rings. The number of carbonyl (C=O) groups is 1. The van der Waals surface area contributed by atoms with Crippen LogP contribution in [0.25, 0.3) is 0 Å². The first-order valence-corrected chi connectivity index (χ1v) is 6.38. The fourth-order valence-electron chi connectivity index (χ4n) is 0.860. The van der Waals surface area contributed by atoms with Crippen LogP contribution in [-0.2, 0) is 4.79 Å². The molecule has 1 aromatic rings. The van der Waals surface area contributed by atoms with Crippen molar-refractivity contribution in [3.05, 3.63) is 11.8 Å². The quantitative estimate of drug-likeness (QED) is 0.201. The molecular weight excluding hydrogens is 232 g/mol. The maximum Gasteiger partial charge on any atom is 0.244 e. The summed E-state index contributed by atoms with van der Waals surface area (Å²) in [5, 5.41) is 1.50. The van der Waals surface area contributed by atoms with Crippen LogP contribution in [0.4, 0.5) is 0 Å². The molecule has 0 radical (unpaired) electrons. The number of rotatable bonds is 4. The van der Waals surface area contributed by atoms with E-state index in [1.807, 2.05) is 19.2 Å². The molecule has 0 saturated carbocycles. The van der Waals surface area contributed by atoms with Crippen molar-refractivity contribution in [1.29, 1.82) is 0 Å². The Hall–Kier alpha value is -0.790. The van der Waals surface area contributed by atoms with Crippen molar-refractivity contribution < 1.29 is 4.79 Å². The second-order valence-electron chi connectivity index (χ2n) is 2.69. The van der Waals surface area contributed by atoms with Crippen molar-refractivity contribution in [3.63, 3.8) is 0 Å². The Morgan fingerprint density at radius 1 is 1.60 bits per heavy atom. The number of hydrogen-bond acceptors (Lipinski definition) is 6. The molecule has 15 heavy (non-hydrogen) atoms. The zero-order valence-corrected chi connectivity index (χ0v) is 10.1. The molecule has 0 aliphatic carbocycles. The van der Waals surface area contributed by atoms with Crippen LogP contribution in [0.2, 0.25) is 0 Å². The average Bonchev–Trinajstić information content (AvgIpc) is 2.25. The average molecular weight is 244 g/mol. The molecule has 3 N–H and O–H groups in total. The first-order valence-electron chi connectivity index (χ1n) is 4.17. The van der Waals surface area contributed by atoms with Gasteiger partial charge < -0.3 is 0 Å². The van der Waals surface area contributed by atoms with Crippen LogP contribution in [0.15, 0.2) is 16.2 Å². The lowest BCUT2D eigenvalue weighted by Crippen LogP contribution is -2.31. The van der Waals surface area contributed by atoms with Gasteiger partial charge in [0.25, 0.3) is 0 Å². The van der Waals surface area contributed by atoms with E-state index < -0.39 is 0 Å². The summed E-state index contributed by atoms with van der Waals surface area (Å²) in [6.45, 7) is 1.90. The minimum absolute atomic E-state index is 0.220. The molecule has 82 valence electrons. The Labute approximate surface area is 96.6 Å². The van der Waals surface area contributed by atoms with Crippen LogP contribution in [0, 0.1) is 6.92 Å². The summed E-state index contributed by atoms with van der Waals surface area (Å²) in [7, 11) is 0. The SMILES string of the molecule is CSc1nc(C)cc(SCC(=O)NN)n1. The highest BCUT2D eigenvalue weighted by Crippen LogP contribution is 2.19. The molecular formula is C8H12N4OS2. The number of amides is 1. The topological polar surface area (TPSA) is 80.9 Å². The van der Waals surface area contributed by atoms with Gasteiger partial charge in [-0.2, -0.15) is 0 Å². The molecule has 5 nitrogen and oxygen atoms in total. The molecule has 0 fully saturated rings. The van der Waals surface area contributed by atoms with Crippen LogP contribution in [-0.4, -0.2) is 27.9 Å². The zero-order valence-electron chi connectivity index (χ0n) is 8.48. The normalized spacial score (nSPS) is 10.1. The minimum Gasteiger partial charge on any atom is -0.294 e. The summed E-state index contributed by atoms with van der Waals surface area (Å²) in [6, 6.07) is 1.84. The summed E-state index contributed by atoms with van der Waals surface area (Å²) >= 11 is 2.82. The predicted molar refractivity (Wildman–Crippen MR) is 61.6 cm³/mol. The lowest BCUT2D eigenvalue weighted by atomic mass is 10.5. The molecule has 0 aliphatic heterocycles. The Bertz CT molecular complexity index is 358. The van der Waals surface area contributed by atoms with Crippen LogP contribution in [0.3, 0.4) is 0 Å². The van der Waals surface area contributed by atoms with Gasteiger partial charge in [-0.1, -0.05) is 23.5 Å². The number of carbonyl (C=O) groups excluding carboxylic acids is 1. The van der Waals surface area contributed by atoms with Gasteiger partial charge in [-0.05, 0) is 19.2 Å². The van der Waals surface area contributed by atoms with Crippen LogP contribution < -0.4 is 11.3 Å². The maximum atomic E-state index is 10.9. The number of aryl methyl sites for hydroxylation is 1. The molecule has 0 bridgehead atoms. The molecule has 1 rings (SSSR count). The third-order valence-electron chi connectivity index (χ3n) is 1.50. The Balaban J connectivity index is 2.68. The molecule has 0 spiro atoms.